The highest BCUT2D eigenvalue weighted by Gasteiger charge is 2.28. The summed E-state index contributed by atoms with van der Waals surface area (Å²) in [6.45, 7) is 6.78. The van der Waals surface area contributed by atoms with Gasteiger partial charge in [0.2, 0.25) is 6.54 Å². The zero-order valence-electron chi connectivity index (χ0n) is 12.7. The standard InChI is InChI=1S/C13H26N2O5/c1-5-6-11(10(7-8-16)9-15(18)19)14-12(17)20-13(2,3)4/h10-11,16H,5-9H2,1-4H3,(H,14,17). The van der Waals surface area contributed by atoms with E-state index in [-0.39, 0.29) is 25.6 Å². The normalized spacial score (nSPS) is 14.4. The molecule has 2 atom stereocenters. The number of hydrogen-bond acceptors (Lipinski definition) is 5. The molecule has 0 radical (unpaired) electrons. The monoisotopic (exact) mass is 290 g/mol. The smallest absolute Gasteiger partial charge is 0.407 e. The lowest BCUT2D eigenvalue weighted by Crippen LogP contribution is -2.45. The first-order chi connectivity index (χ1) is 9.19. The van der Waals surface area contributed by atoms with Gasteiger partial charge in [0.15, 0.2) is 0 Å². The van der Waals surface area contributed by atoms with Crippen LogP contribution in [-0.4, -0.2) is 40.9 Å². The molecule has 0 spiro atoms. The van der Waals surface area contributed by atoms with Gasteiger partial charge in [0.1, 0.15) is 5.60 Å². The molecule has 0 aliphatic heterocycles. The average molecular weight is 290 g/mol. The van der Waals surface area contributed by atoms with Gasteiger partial charge in [0.05, 0.1) is 0 Å². The van der Waals surface area contributed by atoms with Crippen LogP contribution in [-0.2, 0) is 4.74 Å². The summed E-state index contributed by atoms with van der Waals surface area (Å²) in [7, 11) is 0. The van der Waals surface area contributed by atoms with Gasteiger partial charge in [0, 0.05) is 23.5 Å². The van der Waals surface area contributed by atoms with E-state index in [0.29, 0.717) is 6.42 Å². The van der Waals surface area contributed by atoms with Gasteiger partial charge in [-0.1, -0.05) is 13.3 Å². The van der Waals surface area contributed by atoms with Crippen molar-refractivity contribution in [1.29, 1.82) is 0 Å². The fourth-order valence-corrected chi connectivity index (χ4v) is 1.97. The number of aliphatic hydroxyl groups excluding tert-OH is 1. The predicted molar refractivity (Wildman–Crippen MR) is 75.1 cm³/mol. The van der Waals surface area contributed by atoms with E-state index in [9.17, 15) is 14.9 Å². The zero-order chi connectivity index (χ0) is 15.8. The molecule has 20 heavy (non-hydrogen) atoms. The van der Waals surface area contributed by atoms with E-state index in [2.05, 4.69) is 5.32 Å². The third-order valence-corrected chi connectivity index (χ3v) is 2.75. The Morgan fingerprint density at radius 3 is 2.40 bits per heavy atom. The zero-order valence-corrected chi connectivity index (χ0v) is 12.7. The Bertz CT molecular complexity index is 314. The fourth-order valence-electron chi connectivity index (χ4n) is 1.97. The second-order valence-corrected chi connectivity index (χ2v) is 5.83. The maximum absolute atomic E-state index is 11.8. The highest BCUT2D eigenvalue weighted by atomic mass is 16.6. The topological polar surface area (TPSA) is 102 Å². The number of hydrogen-bond donors (Lipinski definition) is 2. The first-order valence-electron chi connectivity index (χ1n) is 6.91. The summed E-state index contributed by atoms with van der Waals surface area (Å²) < 4.78 is 5.17. The van der Waals surface area contributed by atoms with Gasteiger partial charge < -0.3 is 15.2 Å². The predicted octanol–water partition coefficient (Wildman–Crippen LogP) is 1.96. The summed E-state index contributed by atoms with van der Waals surface area (Å²) in [5.74, 6) is -0.400. The Hall–Kier alpha value is -1.37. The van der Waals surface area contributed by atoms with Gasteiger partial charge in [-0.05, 0) is 33.6 Å². The summed E-state index contributed by atoms with van der Waals surface area (Å²) in [4.78, 5) is 22.0. The second-order valence-electron chi connectivity index (χ2n) is 5.83. The molecular formula is C13H26N2O5. The second kappa shape index (κ2) is 8.73. The Labute approximate surface area is 119 Å². The molecule has 0 fully saturated rings. The molecule has 0 saturated heterocycles. The van der Waals surface area contributed by atoms with Crippen molar-refractivity contribution in [2.75, 3.05) is 13.2 Å². The van der Waals surface area contributed by atoms with Crippen LogP contribution in [0, 0.1) is 16.0 Å². The third-order valence-electron chi connectivity index (χ3n) is 2.75. The number of rotatable bonds is 8. The minimum Gasteiger partial charge on any atom is -0.444 e. The molecule has 2 N–H and O–H groups in total. The van der Waals surface area contributed by atoms with Crippen molar-refractivity contribution >= 4 is 6.09 Å². The van der Waals surface area contributed by atoms with Gasteiger partial charge >= 0.3 is 6.09 Å². The third kappa shape index (κ3) is 8.68. The van der Waals surface area contributed by atoms with E-state index < -0.39 is 22.5 Å². The van der Waals surface area contributed by atoms with Gasteiger partial charge in [0.25, 0.3) is 0 Å². The summed E-state index contributed by atoms with van der Waals surface area (Å²) in [5.41, 5.74) is -0.615. The van der Waals surface area contributed by atoms with Crippen LogP contribution in [0.3, 0.4) is 0 Å². The van der Waals surface area contributed by atoms with Crippen LogP contribution in [0.1, 0.15) is 47.0 Å². The lowest BCUT2D eigenvalue weighted by molar-refractivity contribution is -0.489. The number of ether oxygens (including phenoxy) is 1. The van der Waals surface area contributed by atoms with E-state index in [1.807, 2.05) is 6.92 Å². The molecule has 0 aromatic rings. The molecular weight excluding hydrogens is 264 g/mol. The number of aliphatic hydroxyl groups is 1. The van der Waals surface area contributed by atoms with Crippen LogP contribution in [0.2, 0.25) is 0 Å². The minimum atomic E-state index is -0.615. The molecule has 0 heterocycles. The van der Waals surface area contributed by atoms with E-state index in [1.54, 1.807) is 20.8 Å². The fraction of sp³-hybridized carbons (Fsp3) is 0.923. The molecule has 0 bridgehead atoms. The van der Waals surface area contributed by atoms with Crippen molar-refractivity contribution in [1.82, 2.24) is 5.32 Å². The lowest BCUT2D eigenvalue weighted by atomic mass is 9.93. The van der Waals surface area contributed by atoms with Crippen LogP contribution in [0.5, 0.6) is 0 Å². The maximum Gasteiger partial charge on any atom is 0.407 e. The summed E-state index contributed by atoms with van der Waals surface area (Å²) in [6, 6.07) is -0.368. The van der Waals surface area contributed by atoms with E-state index in [4.69, 9.17) is 9.84 Å². The van der Waals surface area contributed by atoms with E-state index in [0.717, 1.165) is 6.42 Å². The lowest BCUT2D eigenvalue weighted by Gasteiger charge is -2.27. The molecule has 0 saturated carbocycles. The van der Waals surface area contributed by atoms with Crippen molar-refractivity contribution < 1.29 is 19.6 Å². The summed E-state index contributed by atoms with van der Waals surface area (Å²) in [6.07, 6.45) is 1.08. The molecule has 0 aliphatic carbocycles. The molecule has 0 aromatic heterocycles. The molecule has 7 nitrogen and oxygen atoms in total. The Morgan fingerprint density at radius 2 is 2.00 bits per heavy atom. The summed E-state index contributed by atoms with van der Waals surface area (Å²) >= 11 is 0. The average Bonchev–Trinajstić information content (AvgIpc) is 2.24. The number of alkyl carbamates (subject to hydrolysis) is 1. The molecule has 0 aromatic carbocycles. The van der Waals surface area contributed by atoms with Crippen molar-refractivity contribution in [2.45, 2.75) is 58.6 Å². The quantitative estimate of drug-likeness (QED) is 0.525. The van der Waals surface area contributed by atoms with Gasteiger partial charge in [-0.2, -0.15) is 0 Å². The number of amides is 1. The number of carbonyl (C=O) groups excluding carboxylic acids is 1. The largest absolute Gasteiger partial charge is 0.444 e. The number of nitrogens with one attached hydrogen (secondary N) is 1. The van der Waals surface area contributed by atoms with Crippen LogP contribution >= 0.6 is 0 Å². The summed E-state index contributed by atoms with van der Waals surface area (Å²) in [5, 5.41) is 22.4. The van der Waals surface area contributed by atoms with Crippen LogP contribution in [0.25, 0.3) is 0 Å². The van der Waals surface area contributed by atoms with Gasteiger partial charge in [-0.25, -0.2) is 4.79 Å². The molecule has 118 valence electrons. The van der Waals surface area contributed by atoms with Gasteiger partial charge in [-0.15, -0.1) is 0 Å². The van der Waals surface area contributed by atoms with Crippen molar-refractivity contribution in [3.05, 3.63) is 10.1 Å². The highest BCUT2D eigenvalue weighted by Crippen LogP contribution is 2.16. The van der Waals surface area contributed by atoms with Crippen molar-refractivity contribution in [2.24, 2.45) is 5.92 Å². The molecule has 1 amide bonds. The first-order valence-corrected chi connectivity index (χ1v) is 6.91. The van der Waals surface area contributed by atoms with Crippen LogP contribution < -0.4 is 5.32 Å². The van der Waals surface area contributed by atoms with Crippen LogP contribution in [0.15, 0.2) is 0 Å². The van der Waals surface area contributed by atoms with Crippen molar-refractivity contribution in [3.8, 4) is 0 Å². The van der Waals surface area contributed by atoms with Gasteiger partial charge in [-0.3, -0.25) is 10.1 Å². The number of nitrogens with zero attached hydrogens (tertiary/aromatic N) is 1. The Kier molecular flexibility index (Phi) is 8.13. The molecule has 7 heteroatoms. The highest BCUT2D eigenvalue weighted by molar-refractivity contribution is 5.68. The number of nitro groups is 1. The molecule has 0 rings (SSSR count). The first kappa shape index (κ1) is 18.6. The van der Waals surface area contributed by atoms with E-state index >= 15 is 0 Å². The van der Waals surface area contributed by atoms with Crippen molar-refractivity contribution in [3.63, 3.8) is 0 Å². The van der Waals surface area contributed by atoms with Crippen LogP contribution in [0.4, 0.5) is 4.79 Å². The minimum absolute atomic E-state index is 0.144. The number of carbonyl (C=O) groups is 1. The Balaban J connectivity index is 4.72. The van der Waals surface area contributed by atoms with E-state index in [1.165, 1.54) is 0 Å². The maximum atomic E-state index is 11.8. The Morgan fingerprint density at radius 1 is 1.40 bits per heavy atom. The SMILES string of the molecule is CCCC(NC(=O)OC(C)(C)C)C(CCO)C[N+](=O)[O-]. The molecule has 0 aliphatic rings. The molecule has 2 unspecified atom stereocenters.